The number of carbonyl (C=O) groups is 2. The average Bonchev–Trinajstić information content (AvgIpc) is 2.82. The second-order valence-electron chi connectivity index (χ2n) is 5.10. The van der Waals surface area contributed by atoms with Crippen LogP contribution in [-0.4, -0.2) is 23.5 Å². The van der Waals surface area contributed by atoms with E-state index in [-0.39, 0.29) is 24.5 Å². The zero-order valence-corrected chi connectivity index (χ0v) is 11.6. The molecule has 4 heteroatoms. The highest BCUT2D eigenvalue weighted by Crippen LogP contribution is 2.29. The van der Waals surface area contributed by atoms with Crippen LogP contribution in [0.15, 0.2) is 43.0 Å². The van der Waals surface area contributed by atoms with E-state index >= 15 is 0 Å². The monoisotopic (exact) mass is 273 g/mol. The fraction of sp³-hybridized carbons (Fsp3) is 0.375. The predicted octanol–water partition coefficient (Wildman–Crippen LogP) is 3.31. The minimum absolute atomic E-state index is 0.171. The van der Waals surface area contributed by atoms with Gasteiger partial charge in [-0.15, -0.1) is 6.58 Å². The first-order valence-electron chi connectivity index (χ1n) is 6.78. The maximum Gasteiger partial charge on any atom is 0.417 e. The van der Waals surface area contributed by atoms with Gasteiger partial charge in [0.05, 0.1) is 0 Å². The molecule has 2 atom stereocenters. The van der Waals surface area contributed by atoms with Crippen molar-refractivity contribution in [3.8, 4) is 0 Å². The van der Waals surface area contributed by atoms with Gasteiger partial charge in [-0.3, -0.25) is 4.79 Å². The number of allylic oxidation sites excluding steroid dienone is 1. The molecule has 1 fully saturated rings. The van der Waals surface area contributed by atoms with E-state index in [1.165, 1.54) is 4.90 Å². The van der Waals surface area contributed by atoms with Crippen LogP contribution in [0.25, 0.3) is 0 Å². The van der Waals surface area contributed by atoms with Crippen molar-refractivity contribution in [3.05, 3.63) is 48.6 Å². The summed E-state index contributed by atoms with van der Waals surface area (Å²) in [5.41, 5.74) is 0.920. The summed E-state index contributed by atoms with van der Waals surface area (Å²) in [6, 6.07) is 9.18. The average molecular weight is 273 g/mol. The molecule has 0 aromatic heterocycles. The summed E-state index contributed by atoms with van der Waals surface area (Å²) in [7, 11) is 0. The van der Waals surface area contributed by atoms with Gasteiger partial charge in [0.2, 0.25) is 5.91 Å². The molecule has 1 aliphatic rings. The number of imide groups is 1. The van der Waals surface area contributed by atoms with Gasteiger partial charge in [0.15, 0.2) is 0 Å². The molecule has 1 aromatic rings. The summed E-state index contributed by atoms with van der Waals surface area (Å²) >= 11 is 0. The van der Waals surface area contributed by atoms with Gasteiger partial charge in [-0.2, -0.15) is 0 Å². The SMILES string of the molecule is C=CCC(C)CC(=O)N1C(=O)OC[C@H]1c1ccccc1. The van der Waals surface area contributed by atoms with Crippen LogP contribution in [0.5, 0.6) is 0 Å². The smallest absolute Gasteiger partial charge is 0.417 e. The normalized spacial score (nSPS) is 19.6. The number of hydrogen-bond acceptors (Lipinski definition) is 3. The Morgan fingerprint density at radius 2 is 2.20 bits per heavy atom. The molecule has 0 saturated carbocycles. The van der Waals surface area contributed by atoms with Crippen LogP contribution in [0.4, 0.5) is 4.79 Å². The van der Waals surface area contributed by atoms with Crippen LogP contribution >= 0.6 is 0 Å². The van der Waals surface area contributed by atoms with Crippen molar-refractivity contribution in [1.29, 1.82) is 0 Å². The summed E-state index contributed by atoms with van der Waals surface area (Å²) in [6.07, 6.45) is 2.32. The van der Waals surface area contributed by atoms with Crippen LogP contribution in [0.3, 0.4) is 0 Å². The molecule has 0 radical (unpaired) electrons. The number of carbonyl (C=O) groups excluding carboxylic acids is 2. The minimum atomic E-state index is -0.547. The van der Waals surface area contributed by atoms with Gasteiger partial charge in [-0.05, 0) is 17.9 Å². The second kappa shape index (κ2) is 6.37. The van der Waals surface area contributed by atoms with E-state index in [4.69, 9.17) is 4.74 Å². The minimum Gasteiger partial charge on any atom is -0.446 e. The summed E-state index contributed by atoms with van der Waals surface area (Å²) in [6.45, 7) is 5.86. The third-order valence-corrected chi connectivity index (χ3v) is 3.42. The number of rotatable bonds is 5. The third kappa shape index (κ3) is 3.07. The Hall–Kier alpha value is -2.10. The molecule has 0 bridgehead atoms. The van der Waals surface area contributed by atoms with Crippen LogP contribution in [0.2, 0.25) is 0 Å². The van der Waals surface area contributed by atoms with Crippen molar-refractivity contribution >= 4 is 12.0 Å². The second-order valence-corrected chi connectivity index (χ2v) is 5.10. The lowest BCUT2D eigenvalue weighted by molar-refractivity contribution is -0.130. The lowest BCUT2D eigenvalue weighted by atomic mass is 10.0. The van der Waals surface area contributed by atoms with Crippen molar-refractivity contribution in [3.63, 3.8) is 0 Å². The Labute approximate surface area is 119 Å². The Morgan fingerprint density at radius 1 is 1.50 bits per heavy atom. The summed E-state index contributed by atoms with van der Waals surface area (Å²) in [5.74, 6) is -0.0134. The van der Waals surface area contributed by atoms with Gasteiger partial charge in [0, 0.05) is 6.42 Å². The molecule has 1 aromatic carbocycles. The van der Waals surface area contributed by atoms with Crippen LogP contribution in [0, 0.1) is 5.92 Å². The Balaban J connectivity index is 2.13. The van der Waals surface area contributed by atoms with Crippen LogP contribution < -0.4 is 0 Å². The van der Waals surface area contributed by atoms with Crippen LogP contribution in [-0.2, 0) is 9.53 Å². The molecule has 20 heavy (non-hydrogen) atoms. The summed E-state index contributed by atoms with van der Waals surface area (Å²) < 4.78 is 5.04. The fourth-order valence-electron chi connectivity index (χ4n) is 2.38. The van der Waals surface area contributed by atoms with E-state index in [1.807, 2.05) is 37.3 Å². The molecule has 1 saturated heterocycles. The van der Waals surface area contributed by atoms with Gasteiger partial charge in [-0.1, -0.05) is 43.3 Å². The molecule has 2 amide bonds. The molecule has 0 spiro atoms. The van der Waals surface area contributed by atoms with Crippen molar-refractivity contribution < 1.29 is 14.3 Å². The molecular formula is C16H19NO3. The van der Waals surface area contributed by atoms with E-state index < -0.39 is 6.09 Å². The van der Waals surface area contributed by atoms with Crippen molar-refractivity contribution in [1.82, 2.24) is 4.90 Å². The van der Waals surface area contributed by atoms with E-state index in [2.05, 4.69) is 6.58 Å². The quantitative estimate of drug-likeness (QED) is 0.773. The van der Waals surface area contributed by atoms with Gasteiger partial charge in [0.25, 0.3) is 0 Å². The standard InChI is InChI=1S/C16H19NO3/c1-3-7-12(2)10-15(18)17-14(11-20-16(17)19)13-8-5-4-6-9-13/h3-6,8-9,12,14H,1,7,10-11H2,2H3/t12?,14-/m0/s1. The fourth-order valence-corrected chi connectivity index (χ4v) is 2.38. The molecular weight excluding hydrogens is 254 g/mol. The zero-order chi connectivity index (χ0) is 14.5. The highest BCUT2D eigenvalue weighted by molar-refractivity contribution is 5.93. The van der Waals surface area contributed by atoms with Crippen LogP contribution in [0.1, 0.15) is 31.4 Å². The topological polar surface area (TPSA) is 46.6 Å². The van der Waals surface area contributed by atoms with Gasteiger partial charge < -0.3 is 4.74 Å². The van der Waals surface area contributed by atoms with E-state index in [9.17, 15) is 9.59 Å². The lowest BCUT2D eigenvalue weighted by Gasteiger charge is -2.21. The largest absolute Gasteiger partial charge is 0.446 e. The predicted molar refractivity (Wildman–Crippen MR) is 76.0 cm³/mol. The van der Waals surface area contributed by atoms with E-state index in [1.54, 1.807) is 6.08 Å². The van der Waals surface area contributed by atoms with Crippen molar-refractivity contribution in [2.75, 3.05) is 6.61 Å². The third-order valence-electron chi connectivity index (χ3n) is 3.42. The highest BCUT2D eigenvalue weighted by Gasteiger charge is 2.38. The number of ether oxygens (including phenoxy) is 1. The van der Waals surface area contributed by atoms with Gasteiger partial charge in [0.1, 0.15) is 12.6 Å². The first-order valence-corrected chi connectivity index (χ1v) is 6.78. The molecule has 2 rings (SSSR count). The molecule has 1 unspecified atom stereocenters. The molecule has 0 N–H and O–H groups in total. The first-order chi connectivity index (χ1) is 9.63. The van der Waals surface area contributed by atoms with Crippen molar-refractivity contribution in [2.24, 2.45) is 5.92 Å². The first kappa shape index (κ1) is 14.3. The number of cyclic esters (lactones) is 1. The number of amides is 2. The maximum atomic E-state index is 12.3. The maximum absolute atomic E-state index is 12.3. The number of hydrogen-bond donors (Lipinski definition) is 0. The van der Waals surface area contributed by atoms with Crippen molar-refractivity contribution in [2.45, 2.75) is 25.8 Å². The molecule has 1 aliphatic heterocycles. The Bertz CT molecular complexity index is 498. The Kier molecular flexibility index (Phi) is 4.56. The van der Waals surface area contributed by atoms with E-state index in [0.29, 0.717) is 6.42 Å². The molecule has 1 heterocycles. The molecule has 4 nitrogen and oxygen atoms in total. The van der Waals surface area contributed by atoms with Gasteiger partial charge >= 0.3 is 6.09 Å². The molecule has 0 aliphatic carbocycles. The number of nitrogens with zero attached hydrogens (tertiary/aromatic N) is 1. The Morgan fingerprint density at radius 3 is 2.85 bits per heavy atom. The molecule has 106 valence electrons. The summed E-state index contributed by atoms with van der Waals surface area (Å²) in [5, 5.41) is 0. The lowest BCUT2D eigenvalue weighted by Crippen LogP contribution is -2.35. The highest BCUT2D eigenvalue weighted by atomic mass is 16.6. The van der Waals surface area contributed by atoms with Gasteiger partial charge in [-0.25, -0.2) is 9.69 Å². The summed E-state index contributed by atoms with van der Waals surface area (Å²) in [4.78, 5) is 25.4. The number of benzene rings is 1. The zero-order valence-electron chi connectivity index (χ0n) is 11.6. The van der Waals surface area contributed by atoms with E-state index in [0.717, 1.165) is 12.0 Å².